The van der Waals surface area contributed by atoms with Gasteiger partial charge in [-0.15, -0.1) is 0 Å². The van der Waals surface area contributed by atoms with Crippen molar-refractivity contribution in [1.29, 1.82) is 0 Å². The second-order valence-corrected chi connectivity index (χ2v) is 6.25. The highest BCUT2D eigenvalue weighted by Gasteiger charge is 2.06. The van der Waals surface area contributed by atoms with Gasteiger partial charge in [-0.3, -0.25) is 4.68 Å². The average molecular weight is 263 g/mol. The molecule has 1 heterocycles. The lowest BCUT2D eigenvalue weighted by Gasteiger charge is -2.13. The maximum atomic E-state index is 4.39. The van der Waals surface area contributed by atoms with Gasteiger partial charge in [-0.25, -0.2) is 0 Å². The van der Waals surface area contributed by atoms with Crippen LogP contribution >= 0.6 is 0 Å². The van der Waals surface area contributed by atoms with Gasteiger partial charge in [0.05, 0.1) is 6.20 Å². The first-order valence-electron chi connectivity index (χ1n) is 7.35. The third-order valence-corrected chi connectivity index (χ3v) is 3.13. The highest BCUT2D eigenvalue weighted by atomic mass is 15.3. The van der Waals surface area contributed by atoms with E-state index in [1.807, 2.05) is 10.9 Å². The molecular formula is C16H29N3. The molecule has 0 aliphatic carbocycles. The van der Waals surface area contributed by atoms with Gasteiger partial charge in [-0.2, -0.15) is 5.10 Å². The zero-order valence-corrected chi connectivity index (χ0v) is 13.3. The Morgan fingerprint density at radius 3 is 2.42 bits per heavy atom. The van der Waals surface area contributed by atoms with E-state index in [9.17, 15) is 0 Å². The van der Waals surface area contributed by atoms with Gasteiger partial charge in [-0.05, 0) is 32.2 Å². The topological polar surface area (TPSA) is 29.9 Å². The van der Waals surface area contributed by atoms with Gasteiger partial charge in [0.15, 0.2) is 0 Å². The highest BCUT2D eigenvalue weighted by Crippen LogP contribution is 2.15. The Kier molecular flexibility index (Phi) is 6.29. The number of hydrogen-bond donors (Lipinski definition) is 1. The molecule has 3 heteroatoms. The van der Waals surface area contributed by atoms with Crippen molar-refractivity contribution in [2.45, 2.75) is 47.6 Å². The Balaban J connectivity index is 2.71. The summed E-state index contributed by atoms with van der Waals surface area (Å²) in [6.45, 7) is 15.3. The van der Waals surface area contributed by atoms with Crippen LogP contribution in [0.25, 0.3) is 6.08 Å². The van der Waals surface area contributed by atoms with E-state index in [0.29, 0.717) is 17.9 Å². The van der Waals surface area contributed by atoms with Crippen molar-refractivity contribution in [3.63, 3.8) is 0 Å². The Hall–Kier alpha value is -1.09. The molecule has 3 nitrogen and oxygen atoms in total. The van der Waals surface area contributed by atoms with Crippen molar-refractivity contribution in [3.8, 4) is 0 Å². The van der Waals surface area contributed by atoms with Crippen LogP contribution < -0.4 is 5.32 Å². The molecule has 0 aliphatic heterocycles. The summed E-state index contributed by atoms with van der Waals surface area (Å²) in [5.41, 5.74) is 2.63. The third-order valence-electron chi connectivity index (χ3n) is 3.13. The lowest BCUT2D eigenvalue weighted by Crippen LogP contribution is -2.23. The Morgan fingerprint density at radius 1 is 1.26 bits per heavy atom. The van der Waals surface area contributed by atoms with Crippen LogP contribution in [0.5, 0.6) is 0 Å². The minimum absolute atomic E-state index is 0.420. The van der Waals surface area contributed by atoms with Gasteiger partial charge in [-0.1, -0.05) is 39.3 Å². The van der Waals surface area contributed by atoms with Crippen LogP contribution in [0.15, 0.2) is 18.0 Å². The first kappa shape index (κ1) is 16.0. The minimum atomic E-state index is 0.420. The van der Waals surface area contributed by atoms with Gasteiger partial charge >= 0.3 is 0 Å². The molecule has 1 aromatic heterocycles. The minimum Gasteiger partial charge on any atom is -0.313 e. The van der Waals surface area contributed by atoms with Crippen molar-refractivity contribution in [2.75, 3.05) is 13.1 Å². The zero-order chi connectivity index (χ0) is 14.4. The van der Waals surface area contributed by atoms with Gasteiger partial charge in [0, 0.05) is 24.3 Å². The fourth-order valence-corrected chi connectivity index (χ4v) is 1.85. The fourth-order valence-electron chi connectivity index (χ4n) is 1.85. The predicted octanol–water partition coefficient (Wildman–Crippen LogP) is 3.75. The van der Waals surface area contributed by atoms with E-state index in [2.05, 4.69) is 64.2 Å². The van der Waals surface area contributed by atoms with Crippen LogP contribution in [-0.2, 0) is 0 Å². The molecule has 0 aliphatic rings. The summed E-state index contributed by atoms with van der Waals surface area (Å²) >= 11 is 0. The van der Waals surface area contributed by atoms with Gasteiger partial charge in [0.25, 0.3) is 0 Å². The molecule has 0 radical (unpaired) electrons. The van der Waals surface area contributed by atoms with E-state index in [-0.39, 0.29) is 0 Å². The molecule has 1 aromatic rings. The Morgan fingerprint density at radius 2 is 1.95 bits per heavy atom. The molecule has 1 rings (SSSR count). The van der Waals surface area contributed by atoms with Gasteiger partial charge < -0.3 is 5.32 Å². The summed E-state index contributed by atoms with van der Waals surface area (Å²) in [4.78, 5) is 0. The SMILES string of the molecule is CC(C)CNCC(=Cc1cnn(C(C)C)c1)C(C)C. The highest BCUT2D eigenvalue weighted by molar-refractivity contribution is 5.51. The first-order chi connectivity index (χ1) is 8.90. The van der Waals surface area contributed by atoms with Crippen LogP contribution in [0.2, 0.25) is 0 Å². The van der Waals surface area contributed by atoms with E-state index >= 15 is 0 Å². The molecule has 0 fully saturated rings. The smallest absolute Gasteiger partial charge is 0.0562 e. The number of hydrogen-bond acceptors (Lipinski definition) is 2. The molecular weight excluding hydrogens is 234 g/mol. The number of nitrogens with zero attached hydrogens (tertiary/aromatic N) is 2. The monoisotopic (exact) mass is 263 g/mol. The predicted molar refractivity (Wildman–Crippen MR) is 83.1 cm³/mol. The quantitative estimate of drug-likeness (QED) is 0.812. The van der Waals surface area contributed by atoms with Crippen LogP contribution in [-0.4, -0.2) is 22.9 Å². The van der Waals surface area contributed by atoms with E-state index in [0.717, 1.165) is 13.1 Å². The number of rotatable bonds is 7. The molecule has 0 aromatic carbocycles. The van der Waals surface area contributed by atoms with Crippen molar-refractivity contribution in [3.05, 3.63) is 23.5 Å². The molecule has 0 atom stereocenters. The van der Waals surface area contributed by atoms with E-state index in [4.69, 9.17) is 0 Å². The lowest BCUT2D eigenvalue weighted by atomic mass is 10.0. The summed E-state index contributed by atoms with van der Waals surface area (Å²) in [6, 6.07) is 0.420. The van der Waals surface area contributed by atoms with Gasteiger partial charge in [0.2, 0.25) is 0 Å². The Labute approximate surface area is 118 Å². The summed E-state index contributed by atoms with van der Waals surface area (Å²) in [5, 5.41) is 7.91. The fraction of sp³-hybridized carbons (Fsp3) is 0.688. The summed E-state index contributed by atoms with van der Waals surface area (Å²) in [7, 11) is 0. The molecule has 0 saturated carbocycles. The molecule has 1 N–H and O–H groups in total. The number of aromatic nitrogens is 2. The average Bonchev–Trinajstić information content (AvgIpc) is 2.75. The van der Waals surface area contributed by atoms with Crippen LogP contribution in [0.4, 0.5) is 0 Å². The first-order valence-corrected chi connectivity index (χ1v) is 7.35. The summed E-state index contributed by atoms with van der Waals surface area (Å²) < 4.78 is 2.01. The van der Waals surface area contributed by atoms with Crippen molar-refractivity contribution < 1.29 is 0 Å². The van der Waals surface area contributed by atoms with Crippen LogP contribution in [0, 0.1) is 11.8 Å². The van der Waals surface area contributed by atoms with Crippen molar-refractivity contribution in [2.24, 2.45) is 11.8 Å². The molecule has 0 spiro atoms. The van der Waals surface area contributed by atoms with Crippen molar-refractivity contribution >= 4 is 6.08 Å². The maximum Gasteiger partial charge on any atom is 0.0562 e. The van der Waals surface area contributed by atoms with E-state index in [1.54, 1.807) is 0 Å². The largest absolute Gasteiger partial charge is 0.313 e. The standard InChI is InChI=1S/C16H29N3/c1-12(2)8-17-10-16(13(3)4)7-15-9-18-19(11-15)14(5)6/h7,9,11-14,17H,8,10H2,1-6H3. The normalized spacial score (nSPS) is 13.0. The third kappa shape index (κ3) is 5.60. The molecule has 0 amide bonds. The van der Waals surface area contributed by atoms with Crippen LogP contribution in [0.3, 0.4) is 0 Å². The Bertz CT molecular complexity index is 400. The summed E-state index contributed by atoms with van der Waals surface area (Å²) in [6.07, 6.45) is 6.34. The van der Waals surface area contributed by atoms with Crippen molar-refractivity contribution in [1.82, 2.24) is 15.1 Å². The lowest BCUT2D eigenvalue weighted by molar-refractivity contribution is 0.532. The maximum absolute atomic E-state index is 4.39. The second kappa shape index (κ2) is 7.49. The van der Waals surface area contributed by atoms with Gasteiger partial charge in [0.1, 0.15) is 0 Å². The molecule has 0 bridgehead atoms. The molecule has 108 valence electrons. The zero-order valence-electron chi connectivity index (χ0n) is 13.3. The summed E-state index contributed by atoms with van der Waals surface area (Å²) in [5.74, 6) is 1.25. The van der Waals surface area contributed by atoms with Crippen LogP contribution in [0.1, 0.15) is 53.1 Å². The van der Waals surface area contributed by atoms with E-state index < -0.39 is 0 Å². The molecule has 0 saturated heterocycles. The van der Waals surface area contributed by atoms with E-state index in [1.165, 1.54) is 11.1 Å². The number of nitrogens with one attached hydrogen (secondary N) is 1. The molecule has 0 unspecified atom stereocenters. The second-order valence-electron chi connectivity index (χ2n) is 6.25. The molecule has 19 heavy (non-hydrogen) atoms.